The number of benzene rings is 2. The van der Waals surface area contributed by atoms with E-state index in [1.165, 1.54) is 0 Å². The summed E-state index contributed by atoms with van der Waals surface area (Å²) in [5, 5.41) is 11.8. The van der Waals surface area contributed by atoms with Crippen LogP contribution in [0.2, 0.25) is 0 Å². The number of rotatable bonds is 4. The van der Waals surface area contributed by atoms with Gasteiger partial charge >= 0.3 is 0 Å². The molecule has 1 aromatic heterocycles. The molecular formula is C21H18N2O4. The lowest BCUT2D eigenvalue weighted by molar-refractivity contribution is 0.102. The van der Waals surface area contributed by atoms with Gasteiger partial charge < -0.3 is 19.9 Å². The first-order valence-electron chi connectivity index (χ1n) is 8.58. The minimum absolute atomic E-state index is 0.0811. The van der Waals surface area contributed by atoms with Crippen LogP contribution in [0.15, 0.2) is 54.7 Å². The Balaban J connectivity index is 1.70. The van der Waals surface area contributed by atoms with Gasteiger partial charge in [0.25, 0.3) is 5.91 Å². The van der Waals surface area contributed by atoms with E-state index < -0.39 is 0 Å². The summed E-state index contributed by atoms with van der Waals surface area (Å²) in [5.74, 6) is 1.32. The largest absolute Gasteiger partial charge is 0.475 e. The number of nitrogens with one attached hydrogen (secondary N) is 1. The van der Waals surface area contributed by atoms with Crippen LogP contribution in [-0.4, -0.2) is 29.2 Å². The lowest BCUT2D eigenvalue weighted by Gasteiger charge is -2.10. The number of carbonyl (C=O) groups is 1. The van der Waals surface area contributed by atoms with E-state index in [0.717, 1.165) is 16.7 Å². The molecule has 27 heavy (non-hydrogen) atoms. The second kappa shape index (κ2) is 7.09. The summed E-state index contributed by atoms with van der Waals surface area (Å²) in [6.45, 7) is 2.05. The van der Waals surface area contributed by atoms with Gasteiger partial charge in [0, 0.05) is 12.3 Å². The smallest absolute Gasteiger partial charge is 0.259 e. The Morgan fingerprint density at radius 2 is 1.89 bits per heavy atom. The van der Waals surface area contributed by atoms with E-state index >= 15 is 0 Å². The zero-order chi connectivity index (χ0) is 18.8. The number of aliphatic hydroxyl groups is 1. The lowest BCUT2D eigenvalue weighted by Crippen LogP contribution is -2.10. The van der Waals surface area contributed by atoms with Crippen LogP contribution >= 0.6 is 0 Å². The molecule has 0 saturated heterocycles. The van der Waals surface area contributed by atoms with Crippen molar-refractivity contribution in [2.75, 3.05) is 18.5 Å². The van der Waals surface area contributed by atoms with Crippen LogP contribution in [0.3, 0.4) is 0 Å². The highest BCUT2D eigenvalue weighted by atomic mass is 16.5. The summed E-state index contributed by atoms with van der Waals surface area (Å²) in [7, 11) is 0. The van der Waals surface area contributed by atoms with E-state index in [4.69, 9.17) is 14.6 Å². The van der Waals surface area contributed by atoms with Crippen LogP contribution in [0.25, 0.3) is 11.1 Å². The van der Waals surface area contributed by atoms with Gasteiger partial charge in [-0.05, 0) is 53.9 Å². The fraction of sp³-hybridized carbons (Fsp3) is 0.143. The highest BCUT2D eigenvalue weighted by Gasteiger charge is 2.21. The number of aliphatic hydroxyl groups excluding tert-OH is 1. The van der Waals surface area contributed by atoms with Crippen molar-refractivity contribution in [1.29, 1.82) is 0 Å². The molecule has 0 bridgehead atoms. The Labute approximate surface area is 156 Å². The number of hydrogen-bond acceptors (Lipinski definition) is 5. The normalized spacial score (nSPS) is 12.3. The molecule has 0 aliphatic carbocycles. The minimum atomic E-state index is -0.220. The van der Waals surface area contributed by atoms with Gasteiger partial charge in [0.15, 0.2) is 5.75 Å². The second-order valence-corrected chi connectivity index (χ2v) is 6.22. The minimum Gasteiger partial charge on any atom is -0.475 e. The van der Waals surface area contributed by atoms with E-state index in [2.05, 4.69) is 10.3 Å². The highest BCUT2D eigenvalue weighted by Crippen LogP contribution is 2.37. The van der Waals surface area contributed by atoms with Gasteiger partial charge in [-0.1, -0.05) is 12.1 Å². The number of anilines is 1. The Morgan fingerprint density at radius 1 is 1.07 bits per heavy atom. The number of aromatic nitrogens is 1. The van der Waals surface area contributed by atoms with Crippen molar-refractivity contribution in [1.82, 2.24) is 4.98 Å². The van der Waals surface area contributed by atoms with E-state index in [1.54, 1.807) is 24.4 Å². The molecule has 136 valence electrons. The van der Waals surface area contributed by atoms with Crippen molar-refractivity contribution in [3.63, 3.8) is 0 Å². The summed E-state index contributed by atoms with van der Waals surface area (Å²) in [6, 6.07) is 14.7. The monoisotopic (exact) mass is 362 g/mol. The molecule has 6 heteroatoms. The number of ether oxygens (including phenoxy) is 2. The summed E-state index contributed by atoms with van der Waals surface area (Å²) in [6.07, 6.45) is 1.63. The molecule has 2 aromatic carbocycles. The standard InChI is InChI=1S/C21H18N2O4/c1-13-2-4-19-17(10-13)23-21(25)16-11-14(3-5-18(16)27-19)15-6-7-22-20(12-15)26-9-8-24/h2-7,10-12,24H,8-9H2,1H3,(H,23,25). The summed E-state index contributed by atoms with van der Waals surface area (Å²) >= 11 is 0. The zero-order valence-electron chi connectivity index (χ0n) is 14.7. The molecule has 0 unspecified atom stereocenters. The number of amides is 1. The maximum absolute atomic E-state index is 12.7. The van der Waals surface area contributed by atoms with Crippen molar-refractivity contribution in [2.45, 2.75) is 6.92 Å². The Morgan fingerprint density at radius 3 is 2.74 bits per heavy atom. The van der Waals surface area contributed by atoms with Crippen molar-refractivity contribution in [2.24, 2.45) is 0 Å². The maximum atomic E-state index is 12.7. The number of aryl methyl sites for hydroxylation is 1. The molecule has 1 aliphatic heterocycles. The van der Waals surface area contributed by atoms with Crippen LogP contribution in [0, 0.1) is 6.92 Å². The number of hydrogen-bond donors (Lipinski definition) is 2. The highest BCUT2D eigenvalue weighted by molar-refractivity contribution is 6.08. The molecule has 6 nitrogen and oxygen atoms in total. The van der Waals surface area contributed by atoms with Crippen molar-refractivity contribution >= 4 is 11.6 Å². The average molecular weight is 362 g/mol. The third kappa shape index (κ3) is 3.47. The summed E-state index contributed by atoms with van der Waals surface area (Å²) in [5.41, 5.74) is 3.84. The third-order valence-corrected chi connectivity index (χ3v) is 4.24. The number of pyridine rings is 1. The molecule has 0 spiro atoms. The SMILES string of the molecule is Cc1ccc2c(c1)NC(=O)c1cc(-c3ccnc(OCCO)c3)ccc1O2. The fourth-order valence-electron chi connectivity index (χ4n) is 2.93. The third-order valence-electron chi connectivity index (χ3n) is 4.24. The van der Waals surface area contributed by atoms with Gasteiger partial charge in [-0.25, -0.2) is 4.98 Å². The number of nitrogens with zero attached hydrogens (tertiary/aromatic N) is 1. The first-order valence-corrected chi connectivity index (χ1v) is 8.58. The van der Waals surface area contributed by atoms with Gasteiger partial charge in [-0.2, -0.15) is 0 Å². The van der Waals surface area contributed by atoms with Gasteiger partial charge in [0.05, 0.1) is 17.9 Å². The lowest BCUT2D eigenvalue weighted by atomic mass is 10.0. The Kier molecular flexibility index (Phi) is 4.48. The predicted molar refractivity (Wildman–Crippen MR) is 101 cm³/mol. The van der Waals surface area contributed by atoms with Crippen LogP contribution in [0.5, 0.6) is 17.4 Å². The molecule has 2 heterocycles. The molecule has 2 N–H and O–H groups in total. The molecule has 1 amide bonds. The molecule has 1 aliphatic rings. The van der Waals surface area contributed by atoms with Gasteiger partial charge in [0.2, 0.25) is 5.88 Å². The van der Waals surface area contributed by atoms with E-state index in [9.17, 15) is 4.79 Å². The topological polar surface area (TPSA) is 80.7 Å². The first-order chi connectivity index (χ1) is 13.1. The van der Waals surface area contributed by atoms with Crippen LogP contribution in [-0.2, 0) is 0 Å². The van der Waals surface area contributed by atoms with Crippen molar-refractivity contribution < 1.29 is 19.4 Å². The average Bonchev–Trinajstić information content (AvgIpc) is 2.82. The van der Waals surface area contributed by atoms with Crippen molar-refractivity contribution in [3.05, 3.63) is 65.9 Å². The van der Waals surface area contributed by atoms with Crippen LogP contribution in [0.4, 0.5) is 5.69 Å². The molecule has 0 fully saturated rings. The van der Waals surface area contributed by atoms with E-state index in [-0.39, 0.29) is 19.1 Å². The predicted octanol–water partition coefficient (Wildman–Crippen LogP) is 3.79. The van der Waals surface area contributed by atoms with E-state index in [0.29, 0.717) is 28.6 Å². The Bertz CT molecular complexity index is 1020. The van der Waals surface area contributed by atoms with Gasteiger partial charge in [-0.3, -0.25) is 4.79 Å². The summed E-state index contributed by atoms with van der Waals surface area (Å²) in [4.78, 5) is 16.8. The maximum Gasteiger partial charge on any atom is 0.259 e. The fourth-order valence-corrected chi connectivity index (χ4v) is 2.93. The first kappa shape index (κ1) is 17.1. The van der Waals surface area contributed by atoms with Crippen LogP contribution in [0.1, 0.15) is 15.9 Å². The zero-order valence-corrected chi connectivity index (χ0v) is 14.7. The Hall–Kier alpha value is -3.38. The number of fused-ring (bicyclic) bond motifs is 2. The molecular weight excluding hydrogens is 344 g/mol. The van der Waals surface area contributed by atoms with Crippen LogP contribution < -0.4 is 14.8 Å². The van der Waals surface area contributed by atoms with Gasteiger partial charge in [-0.15, -0.1) is 0 Å². The molecule has 0 radical (unpaired) electrons. The van der Waals surface area contributed by atoms with E-state index in [1.807, 2.05) is 37.3 Å². The van der Waals surface area contributed by atoms with Crippen molar-refractivity contribution in [3.8, 4) is 28.5 Å². The molecule has 3 aromatic rings. The molecule has 0 atom stereocenters. The van der Waals surface area contributed by atoms with Gasteiger partial charge in [0.1, 0.15) is 12.4 Å². The quantitative estimate of drug-likeness (QED) is 0.738. The molecule has 4 rings (SSSR count). The molecule has 0 saturated carbocycles. The number of carbonyl (C=O) groups excluding carboxylic acids is 1. The summed E-state index contributed by atoms with van der Waals surface area (Å²) < 4.78 is 11.3. The second-order valence-electron chi connectivity index (χ2n) is 6.22.